The van der Waals surface area contributed by atoms with Crippen LogP contribution in [0.2, 0.25) is 0 Å². The third-order valence-corrected chi connectivity index (χ3v) is 5.09. The highest BCUT2D eigenvalue weighted by molar-refractivity contribution is 5.89. The van der Waals surface area contributed by atoms with E-state index in [1.54, 1.807) is 18.3 Å². The number of carboxylic acid groups (broad SMARTS) is 1. The summed E-state index contributed by atoms with van der Waals surface area (Å²) in [5.41, 5.74) is 3.21. The van der Waals surface area contributed by atoms with Gasteiger partial charge in [-0.2, -0.15) is 5.10 Å². The third-order valence-electron chi connectivity index (χ3n) is 5.09. The fraction of sp³-hybridized carbons (Fsp3) is 0.476. The van der Waals surface area contributed by atoms with Gasteiger partial charge in [-0.3, -0.25) is 4.79 Å². The van der Waals surface area contributed by atoms with Crippen LogP contribution in [0.4, 0.5) is 10.5 Å². The van der Waals surface area contributed by atoms with Crippen molar-refractivity contribution >= 4 is 23.9 Å². The van der Waals surface area contributed by atoms with E-state index in [9.17, 15) is 9.59 Å². The van der Waals surface area contributed by atoms with E-state index in [0.29, 0.717) is 24.9 Å². The quantitative estimate of drug-likeness (QED) is 0.291. The Morgan fingerprint density at radius 3 is 2.79 bits per heavy atom. The fourth-order valence-electron chi connectivity index (χ4n) is 3.75. The van der Waals surface area contributed by atoms with Crippen molar-refractivity contribution in [3.8, 4) is 11.8 Å². The largest absolute Gasteiger partial charge is 0.481 e. The Balaban J connectivity index is 1.47. The van der Waals surface area contributed by atoms with Gasteiger partial charge in [-0.1, -0.05) is 18.2 Å². The summed E-state index contributed by atoms with van der Waals surface area (Å²) in [5, 5.41) is 15.5. The van der Waals surface area contributed by atoms with Crippen LogP contribution in [0.3, 0.4) is 0 Å². The number of ether oxygens (including phenoxy) is 1. The zero-order chi connectivity index (χ0) is 19.8. The highest BCUT2D eigenvalue weighted by Gasteiger charge is 2.47. The van der Waals surface area contributed by atoms with Crippen LogP contribution in [0.1, 0.15) is 38.5 Å². The molecule has 2 aliphatic heterocycles. The molecule has 0 radical (unpaired) electrons. The lowest BCUT2D eigenvalue weighted by atomic mass is 9.78. The zero-order valence-electron chi connectivity index (χ0n) is 15.6. The van der Waals surface area contributed by atoms with Crippen molar-refractivity contribution in [3.63, 3.8) is 0 Å². The number of carboxylic acids is 1. The number of rotatable bonds is 7. The maximum Gasteiger partial charge on any atom is 0.339 e. The number of amides is 2. The van der Waals surface area contributed by atoms with Crippen LogP contribution in [0.15, 0.2) is 35.4 Å². The summed E-state index contributed by atoms with van der Waals surface area (Å²) < 4.78 is 6.00. The SMILES string of the molecule is O=C(O)CCCC#CC[C@@H]1[C@H](C=NNC(=O)Nc2ccccc2)[C@@H]2CC[C@H]1O2. The standard InChI is InChI=1S/C21H25N3O4/c25-20(26)11-7-2-1-6-10-16-17(19-13-12-18(16)28-19)14-22-24-21(27)23-15-8-4-3-5-9-15/h3-5,8-9,14,16-19H,2,7,10-13H2,(H,25,26)(H2,23,24,27)/t16-,17+,18-,19+/m1/s1. The molecule has 2 bridgehead atoms. The second-order valence-electron chi connectivity index (χ2n) is 7.05. The molecular formula is C21H25N3O4. The van der Waals surface area contributed by atoms with Gasteiger partial charge in [-0.25, -0.2) is 10.2 Å². The second kappa shape index (κ2) is 9.90. The number of unbranched alkanes of at least 4 members (excludes halogenated alkanes) is 1. The topological polar surface area (TPSA) is 100 Å². The Labute approximate surface area is 164 Å². The van der Waals surface area contributed by atoms with Crippen molar-refractivity contribution in [1.82, 2.24) is 5.43 Å². The normalized spacial score (nSPS) is 25.3. The number of hydrogen-bond acceptors (Lipinski definition) is 4. The molecular weight excluding hydrogens is 358 g/mol. The first-order valence-corrected chi connectivity index (χ1v) is 9.61. The molecule has 3 N–H and O–H groups in total. The number of hydrogen-bond donors (Lipinski definition) is 3. The first-order valence-electron chi connectivity index (χ1n) is 9.61. The van der Waals surface area contributed by atoms with E-state index in [1.807, 2.05) is 18.2 Å². The molecule has 1 aromatic carbocycles. The van der Waals surface area contributed by atoms with Gasteiger partial charge < -0.3 is 15.2 Å². The maximum atomic E-state index is 11.9. The van der Waals surface area contributed by atoms with Crippen molar-refractivity contribution in [2.75, 3.05) is 5.32 Å². The molecule has 0 unspecified atom stereocenters. The molecule has 2 heterocycles. The van der Waals surface area contributed by atoms with Gasteiger partial charge in [0.05, 0.1) is 12.2 Å². The lowest BCUT2D eigenvalue weighted by Gasteiger charge is -2.23. The predicted molar refractivity (Wildman–Crippen MR) is 106 cm³/mol. The second-order valence-corrected chi connectivity index (χ2v) is 7.05. The summed E-state index contributed by atoms with van der Waals surface area (Å²) in [6.45, 7) is 0. The number of hydrazone groups is 1. The third kappa shape index (κ3) is 5.57. The number of nitrogens with one attached hydrogen (secondary N) is 2. The molecule has 4 atom stereocenters. The van der Waals surface area contributed by atoms with Gasteiger partial charge in [0.15, 0.2) is 0 Å². The Bertz CT molecular complexity index is 769. The Morgan fingerprint density at radius 1 is 1.21 bits per heavy atom. The van der Waals surface area contributed by atoms with Gasteiger partial charge in [-0.05, 0) is 31.4 Å². The van der Waals surface area contributed by atoms with Crippen LogP contribution in [0.25, 0.3) is 0 Å². The van der Waals surface area contributed by atoms with Gasteiger partial charge >= 0.3 is 12.0 Å². The molecule has 7 heteroatoms. The number of anilines is 1. The minimum atomic E-state index is -0.789. The van der Waals surface area contributed by atoms with E-state index in [2.05, 4.69) is 27.7 Å². The monoisotopic (exact) mass is 383 g/mol. The molecule has 0 saturated carbocycles. The Hall–Kier alpha value is -2.85. The number of carbonyl (C=O) groups excluding carboxylic acids is 1. The van der Waals surface area contributed by atoms with Crippen molar-refractivity contribution < 1.29 is 19.4 Å². The molecule has 2 aliphatic rings. The van der Waals surface area contributed by atoms with Gasteiger partial charge in [0.2, 0.25) is 0 Å². The van der Waals surface area contributed by atoms with Crippen molar-refractivity contribution in [3.05, 3.63) is 30.3 Å². The fourth-order valence-corrected chi connectivity index (χ4v) is 3.75. The lowest BCUT2D eigenvalue weighted by molar-refractivity contribution is -0.137. The number of carbonyl (C=O) groups is 2. The van der Waals surface area contributed by atoms with Crippen LogP contribution < -0.4 is 10.7 Å². The highest BCUT2D eigenvalue weighted by atomic mass is 16.5. The van der Waals surface area contributed by atoms with Gasteiger partial charge in [0.1, 0.15) is 0 Å². The number of benzene rings is 1. The molecule has 2 fully saturated rings. The Kier molecular flexibility index (Phi) is 7.04. The van der Waals surface area contributed by atoms with Crippen LogP contribution in [0.5, 0.6) is 0 Å². The average Bonchev–Trinajstić information content (AvgIpc) is 3.27. The summed E-state index contributed by atoms with van der Waals surface area (Å²) >= 11 is 0. The average molecular weight is 383 g/mol. The lowest BCUT2D eigenvalue weighted by Crippen LogP contribution is -2.30. The summed E-state index contributed by atoms with van der Waals surface area (Å²) in [6.07, 6.45) is 6.13. The molecule has 0 spiro atoms. The number of fused-ring (bicyclic) bond motifs is 2. The summed E-state index contributed by atoms with van der Waals surface area (Å²) in [4.78, 5) is 22.4. The molecule has 3 rings (SSSR count). The van der Waals surface area contributed by atoms with Gasteiger partial charge in [-0.15, -0.1) is 11.8 Å². The molecule has 28 heavy (non-hydrogen) atoms. The molecule has 1 aromatic rings. The number of nitrogens with zero attached hydrogens (tertiary/aromatic N) is 1. The van der Waals surface area contributed by atoms with E-state index in [4.69, 9.17) is 9.84 Å². The van der Waals surface area contributed by atoms with Crippen molar-refractivity contribution in [2.45, 2.75) is 50.7 Å². The first kappa shape index (κ1) is 19.9. The van der Waals surface area contributed by atoms with Gasteiger partial charge in [0.25, 0.3) is 0 Å². The minimum Gasteiger partial charge on any atom is -0.481 e. The van der Waals surface area contributed by atoms with Crippen LogP contribution in [-0.4, -0.2) is 35.5 Å². The van der Waals surface area contributed by atoms with Crippen LogP contribution >= 0.6 is 0 Å². The molecule has 2 amide bonds. The molecule has 0 aliphatic carbocycles. The summed E-state index contributed by atoms with van der Waals surface area (Å²) in [5.74, 6) is 5.82. The molecule has 2 saturated heterocycles. The van der Waals surface area contributed by atoms with E-state index in [-0.39, 0.29) is 36.5 Å². The van der Waals surface area contributed by atoms with Crippen LogP contribution in [-0.2, 0) is 9.53 Å². The number of para-hydroxylation sites is 1. The van der Waals surface area contributed by atoms with E-state index in [1.165, 1.54) is 0 Å². The van der Waals surface area contributed by atoms with Gasteiger partial charge in [0, 0.05) is 43.0 Å². The molecule has 7 nitrogen and oxygen atoms in total. The molecule has 148 valence electrons. The molecule has 0 aromatic heterocycles. The van der Waals surface area contributed by atoms with E-state index >= 15 is 0 Å². The van der Waals surface area contributed by atoms with E-state index < -0.39 is 5.97 Å². The number of urea groups is 1. The minimum absolute atomic E-state index is 0.129. The zero-order valence-corrected chi connectivity index (χ0v) is 15.6. The Morgan fingerprint density at radius 2 is 2.00 bits per heavy atom. The summed E-state index contributed by atoms with van der Waals surface area (Å²) in [6, 6.07) is 8.79. The first-order chi connectivity index (χ1) is 13.6. The van der Waals surface area contributed by atoms with Crippen molar-refractivity contribution in [2.24, 2.45) is 16.9 Å². The maximum absolute atomic E-state index is 11.9. The predicted octanol–water partition coefficient (Wildman–Crippen LogP) is 3.24. The smallest absolute Gasteiger partial charge is 0.339 e. The van der Waals surface area contributed by atoms with E-state index in [0.717, 1.165) is 12.8 Å². The highest BCUT2D eigenvalue weighted by Crippen LogP contribution is 2.44. The summed E-state index contributed by atoms with van der Waals surface area (Å²) in [7, 11) is 0. The number of aliphatic carboxylic acids is 1. The van der Waals surface area contributed by atoms with Crippen molar-refractivity contribution in [1.29, 1.82) is 0 Å². The van der Waals surface area contributed by atoms with Crippen LogP contribution in [0, 0.1) is 23.7 Å².